The summed E-state index contributed by atoms with van der Waals surface area (Å²) in [6.07, 6.45) is 2.30. The predicted octanol–water partition coefficient (Wildman–Crippen LogP) is 0.788. The molecule has 0 radical (unpaired) electrons. The van der Waals surface area contributed by atoms with Crippen molar-refractivity contribution in [2.45, 2.75) is 51.1 Å². The number of rotatable bonds is 10. The number of unbranched alkanes of at least 4 members (excludes halogenated alkanes) is 2. The van der Waals surface area contributed by atoms with Gasteiger partial charge >= 0.3 is 0 Å². The number of hydrogen-bond acceptors (Lipinski definition) is 4. The fourth-order valence-corrected chi connectivity index (χ4v) is 2.41. The zero-order chi connectivity index (χ0) is 18.7. The van der Waals surface area contributed by atoms with Crippen LogP contribution >= 0.6 is 0 Å². The SMILES string of the molecule is CC(=O)N[C@@H](Cc1ccccc1)C(=O)N[C@@H](CCCCC#N)C(N)=O. The zero-order valence-electron chi connectivity index (χ0n) is 14.3. The van der Waals surface area contributed by atoms with Gasteiger partial charge in [0.15, 0.2) is 0 Å². The molecule has 1 aromatic carbocycles. The first-order chi connectivity index (χ1) is 11.9. The van der Waals surface area contributed by atoms with E-state index in [9.17, 15) is 14.4 Å². The van der Waals surface area contributed by atoms with Crippen molar-refractivity contribution in [1.29, 1.82) is 5.26 Å². The average molecular weight is 344 g/mol. The second-order valence-electron chi connectivity index (χ2n) is 5.81. The van der Waals surface area contributed by atoms with Gasteiger partial charge in [-0.05, 0) is 24.8 Å². The molecule has 7 heteroatoms. The third-order valence-corrected chi connectivity index (χ3v) is 3.67. The molecule has 25 heavy (non-hydrogen) atoms. The lowest BCUT2D eigenvalue weighted by molar-refractivity contribution is -0.130. The van der Waals surface area contributed by atoms with Crippen LogP contribution in [-0.2, 0) is 20.8 Å². The van der Waals surface area contributed by atoms with E-state index in [0.717, 1.165) is 5.56 Å². The third-order valence-electron chi connectivity index (χ3n) is 3.67. The lowest BCUT2D eigenvalue weighted by Gasteiger charge is -2.21. The van der Waals surface area contributed by atoms with Crippen LogP contribution in [0.15, 0.2) is 30.3 Å². The van der Waals surface area contributed by atoms with Crippen molar-refractivity contribution >= 4 is 17.7 Å². The molecule has 0 saturated carbocycles. The van der Waals surface area contributed by atoms with Gasteiger partial charge in [-0.25, -0.2) is 0 Å². The fraction of sp³-hybridized carbons (Fsp3) is 0.444. The largest absolute Gasteiger partial charge is 0.368 e. The molecule has 1 rings (SSSR count). The second kappa shape index (κ2) is 10.8. The van der Waals surface area contributed by atoms with E-state index in [1.807, 2.05) is 36.4 Å². The Hall–Kier alpha value is -2.88. The first-order valence-electron chi connectivity index (χ1n) is 8.21. The van der Waals surface area contributed by atoms with Crippen LogP contribution in [0.4, 0.5) is 0 Å². The van der Waals surface area contributed by atoms with Crippen LogP contribution in [0.5, 0.6) is 0 Å². The van der Waals surface area contributed by atoms with E-state index in [0.29, 0.717) is 32.1 Å². The van der Waals surface area contributed by atoms with E-state index >= 15 is 0 Å². The molecule has 1 aromatic rings. The highest BCUT2D eigenvalue weighted by Crippen LogP contribution is 2.06. The third kappa shape index (κ3) is 7.97. The topological polar surface area (TPSA) is 125 Å². The molecule has 134 valence electrons. The van der Waals surface area contributed by atoms with Gasteiger partial charge < -0.3 is 16.4 Å². The predicted molar refractivity (Wildman–Crippen MR) is 93.0 cm³/mol. The average Bonchev–Trinajstić information content (AvgIpc) is 2.57. The van der Waals surface area contributed by atoms with Crippen molar-refractivity contribution in [2.75, 3.05) is 0 Å². The van der Waals surface area contributed by atoms with Crippen LogP contribution in [-0.4, -0.2) is 29.8 Å². The van der Waals surface area contributed by atoms with Crippen molar-refractivity contribution < 1.29 is 14.4 Å². The Morgan fingerprint density at radius 1 is 1.12 bits per heavy atom. The molecule has 4 N–H and O–H groups in total. The number of nitrogens with zero attached hydrogens (tertiary/aromatic N) is 1. The molecule has 0 saturated heterocycles. The summed E-state index contributed by atoms with van der Waals surface area (Å²) in [6.45, 7) is 1.33. The Morgan fingerprint density at radius 3 is 2.36 bits per heavy atom. The quantitative estimate of drug-likeness (QED) is 0.542. The van der Waals surface area contributed by atoms with Crippen molar-refractivity contribution in [3.8, 4) is 6.07 Å². The summed E-state index contributed by atoms with van der Waals surface area (Å²) in [4.78, 5) is 35.5. The standard InChI is InChI=1S/C18H24N4O3/c1-13(23)21-16(12-14-8-4-2-5-9-14)18(25)22-15(17(20)24)10-6-3-7-11-19/h2,4-5,8-9,15-16H,3,6-7,10,12H2,1H3,(H2,20,24)(H,21,23)(H,22,25)/t15-,16-/m0/s1. The number of amides is 3. The highest BCUT2D eigenvalue weighted by Gasteiger charge is 2.24. The summed E-state index contributed by atoms with van der Waals surface area (Å²) in [7, 11) is 0. The zero-order valence-corrected chi connectivity index (χ0v) is 14.3. The molecule has 0 spiro atoms. The van der Waals surface area contributed by atoms with E-state index in [1.165, 1.54) is 6.92 Å². The van der Waals surface area contributed by atoms with Crippen molar-refractivity contribution in [1.82, 2.24) is 10.6 Å². The number of hydrogen-bond donors (Lipinski definition) is 3. The molecule has 0 heterocycles. The molecule has 0 aliphatic carbocycles. The Balaban J connectivity index is 2.72. The van der Waals surface area contributed by atoms with Gasteiger partial charge in [-0.15, -0.1) is 0 Å². The van der Waals surface area contributed by atoms with E-state index < -0.39 is 23.9 Å². The van der Waals surface area contributed by atoms with Gasteiger partial charge in [0.25, 0.3) is 0 Å². The van der Waals surface area contributed by atoms with Gasteiger partial charge in [-0.1, -0.05) is 30.3 Å². The van der Waals surface area contributed by atoms with Crippen LogP contribution in [0.25, 0.3) is 0 Å². The molecule has 7 nitrogen and oxygen atoms in total. The first kappa shape index (κ1) is 20.2. The van der Waals surface area contributed by atoms with Crippen LogP contribution < -0.4 is 16.4 Å². The van der Waals surface area contributed by atoms with Gasteiger partial charge in [0, 0.05) is 19.8 Å². The molecular weight excluding hydrogens is 320 g/mol. The maximum Gasteiger partial charge on any atom is 0.243 e. The number of nitrogens with two attached hydrogens (primary N) is 1. The van der Waals surface area contributed by atoms with E-state index in [-0.39, 0.29) is 5.91 Å². The molecule has 0 bridgehead atoms. The summed E-state index contributed by atoms with van der Waals surface area (Å²) in [6, 6.07) is 9.68. The minimum absolute atomic E-state index is 0.312. The van der Waals surface area contributed by atoms with Crippen LogP contribution in [0.3, 0.4) is 0 Å². The normalized spacial score (nSPS) is 12.5. The molecule has 0 unspecified atom stereocenters. The summed E-state index contributed by atoms with van der Waals surface area (Å²) in [5.74, 6) is -1.42. The van der Waals surface area contributed by atoms with Crippen molar-refractivity contribution in [2.24, 2.45) is 5.73 Å². The number of nitriles is 1. The number of carbonyl (C=O) groups excluding carboxylic acids is 3. The maximum atomic E-state index is 12.5. The molecule has 0 fully saturated rings. The second-order valence-corrected chi connectivity index (χ2v) is 5.81. The van der Waals surface area contributed by atoms with Crippen molar-refractivity contribution in [3.63, 3.8) is 0 Å². The number of benzene rings is 1. The van der Waals surface area contributed by atoms with Gasteiger partial charge in [0.2, 0.25) is 17.7 Å². The Morgan fingerprint density at radius 2 is 1.80 bits per heavy atom. The van der Waals surface area contributed by atoms with Crippen LogP contribution in [0.1, 0.15) is 38.2 Å². The van der Waals surface area contributed by atoms with Crippen LogP contribution in [0.2, 0.25) is 0 Å². The van der Waals surface area contributed by atoms with Gasteiger partial charge in [0.05, 0.1) is 6.07 Å². The molecule has 2 atom stereocenters. The minimum Gasteiger partial charge on any atom is -0.368 e. The summed E-state index contributed by atoms with van der Waals surface area (Å²) < 4.78 is 0. The summed E-state index contributed by atoms with van der Waals surface area (Å²) in [5, 5.41) is 13.7. The van der Waals surface area contributed by atoms with E-state index in [2.05, 4.69) is 10.6 Å². The Kier molecular flexibility index (Phi) is 8.72. The fourth-order valence-electron chi connectivity index (χ4n) is 2.41. The van der Waals surface area contributed by atoms with Crippen LogP contribution in [0, 0.1) is 11.3 Å². The number of carbonyl (C=O) groups is 3. The lowest BCUT2D eigenvalue weighted by Crippen LogP contribution is -2.53. The maximum absolute atomic E-state index is 12.5. The Labute approximate surface area is 147 Å². The highest BCUT2D eigenvalue weighted by molar-refractivity contribution is 5.91. The Bertz CT molecular complexity index is 625. The minimum atomic E-state index is -0.821. The van der Waals surface area contributed by atoms with Gasteiger partial charge in [-0.3, -0.25) is 14.4 Å². The molecule has 0 aliphatic rings. The number of nitrogens with one attached hydrogen (secondary N) is 2. The monoisotopic (exact) mass is 344 g/mol. The van der Waals surface area contributed by atoms with Crippen molar-refractivity contribution in [3.05, 3.63) is 35.9 Å². The number of primary amides is 1. The summed E-state index contributed by atoms with van der Waals surface area (Å²) >= 11 is 0. The molecule has 0 aromatic heterocycles. The lowest BCUT2D eigenvalue weighted by atomic mass is 10.0. The summed E-state index contributed by atoms with van der Waals surface area (Å²) in [5.41, 5.74) is 6.24. The van der Waals surface area contributed by atoms with Gasteiger partial charge in [0.1, 0.15) is 12.1 Å². The van der Waals surface area contributed by atoms with E-state index in [1.54, 1.807) is 0 Å². The first-order valence-corrected chi connectivity index (χ1v) is 8.21. The van der Waals surface area contributed by atoms with Gasteiger partial charge in [-0.2, -0.15) is 5.26 Å². The molecule has 3 amide bonds. The smallest absolute Gasteiger partial charge is 0.243 e. The van der Waals surface area contributed by atoms with E-state index in [4.69, 9.17) is 11.0 Å². The molecular formula is C18H24N4O3. The highest BCUT2D eigenvalue weighted by atomic mass is 16.2. The molecule has 0 aliphatic heterocycles.